The maximum atomic E-state index is 8.81. The molecule has 0 spiro atoms. The van der Waals surface area contributed by atoms with Crippen molar-refractivity contribution < 1.29 is 5.11 Å². The van der Waals surface area contributed by atoms with E-state index in [4.69, 9.17) is 16.7 Å². The number of aliphatic hydroxyl groups excluding tert-OH is 1. The molecule has 0 saturated carbocycles. The summed E-state index contributed by atoms with van der Waals surface area (Å²) >= 11 is 6.11. The molecule has 114 valence electrons. The number of benzene rings is 1. The first-order valence-corrected chi connectivity index (χ1v) is 7.88. The summed E-state index contributed by atoms with van der Waals surface area (Å²) in [5.41, 5.74) is 2.48. The Morgan fingerprint density at radius 1 is 1.25 bits per heavy atom. The van der Waals surface area contributed by atoms with Crippen molar-refractivity contribution in [3.05, 3.63) is 28.8 Å². The van der Waals surface area contributed by atoms with Gasteiger partial charge in [-0.2, -0.15) is 0 Å². The normalized spacial score (nSPS) is 10.8. The van der Waals surface area contributed by atoms with Gasteiger partial charge in [0, 0.05) is 37.5 Å². The molecule has 2 N–H and O–H groups in total. The second kappa shape index (κ2) is 10.0. The SMILES string of the molecule is CCCNCc1cc(Cl)ccc1N(C)CCCCCO. The Kier molecular flexibility index (Phi) is 8.67. The van der Waals surface area contributed by atoms with E-state index in [-0.39, 0.29) is 6.61 Å². The Balaban J connectivity index is 2.61. The highest BCUT2D eigenvalue weighted by atomic mass is 35.5. The fraction of sp³-hybridized carbons (Fsp3) is 0.625. The summed E-state index contributed by atoms with van der Waals surface area (Å²) in [5.74, 6) is 0. The minimum absolute atomic E-state index is 0.289. The molecule has 0 saturated heterocycles. The van der Waals surface area contributed by atoms with Crippen LogP contribution in [0.2, 0.25) is 5.02 Å². The maximum Gasteiger partial charge on any atom is 0.0431 e. The lowest BCUT2D eigenvalue weighted by Crippen LogP contribution is -2.22. The Bertz CT molecular complexity index is 385. The smallest absolute Gasteiger partial charge is 0.0431 e. The molecule has 0 bridgehead atoms. The van der Waals surface area contributed by atoms with Crippen LogP contribution in [0, 0.1) is 0 Å². The van der Waals surface area contributed by atoms with E-state index in [2.05, 4.69) is 30.3 Å². The van der Waals surface area contributed by atoms with Gasteiger partial charge in [0.15, 0.2) is 0 Å². The van der Waals surface area contributed by atoms with Crippen LogP contribution in [0.15, 0.2) is 18.2 Å². The molecule has 0 aliphatic heterocycles. The molecule has 0 aromatic heterocycles. The number of hydrogen-bond donors (Lipinski definition) is 2. The van der Waals surface area contributed by atoms with Crippen LogP contribution in [0.5, 0.6) is 0 Å². The Hall–Kier alpha value is -0.770. The molecule has 0 unspecified atom stereocenters. The molecule has 20 heavy (non-hydrogen) atoms. The maximum absolute atomic E-state index is 8.81. The van der Waals surface area contributed by atoms with E-state index >= 15 is 0 Å². The number of hydrogen-bond acceptors (Lipinski definition) is 3. The van der Waals surface area contributed by atoms with Crippen molar-refractivity contribution in [1.82, 2.24) is 5.32 Å². The van der Waals surface area contributed by atoms with E-state index < -0.39 is 0 Å². The zero-order valence-corrected chi connectivity index (χ0v) is 13.4. The Morgan fingerprint density at radius 3 is 2.75 bits per heavy atom. The summed E-state index contributed by atoms with van der Waals surface area (Å²) in [7, 11) is 2.12. The van der Waals surface area contributed by atoms with Crippen LogP contribution < -0.4 is 10.2 Å². The Morgan fingerprint density at radius 2 is 2.05 bits per heavy atom. The molecule has 0 aliphatic rings. The van der Waals surface area contributed by atoms with Crippen LogP contribution in [0.1, 0.15) is 38.2 Å². The lowest BCUT2D eigenvalue weighted by atomic mass is 10.1. The summed E-state index contributed by atoms with van der Waals surface area (Å²) in [4.78, 5) is 2.27. The highest BCUT2D eigenvalue weighted by molar-refractivity contribution is 6.30. The number of rotatable bonds is 10. The van der Waals surface area contributed by atoms with Crippen LogP contribution in [-0.4, -0.2) is 31.9 Å². The molecule has 0 aliphatic carbocycles. The van der Waals surface area contributed by atoms with Crippen molar-refractivity contribution >= 4 is 17.3 Å². The number of halogens is 1. The fourth-order valence-corrected chi connectivity index (χ4v) is 2.42. The summed E-state index contributed by atoms with van der Waals surface area (Å²) in [6.07, 6.45) is 4.19. The summed E-state index contributed by atoms with van der Waals surface area (Å²) in [6.45, 7) is 5.33. The molecule has 0 radical (unpaired) electrons. The number of aliphatic hydroxyl groups is 1. The molecular weight excluding hydrogens is 272 g/mol. The number of unbranched alkanes of at least 4 members (excludes halogenated alkanes) is 2. The molecule has 1 aromatic carbocycles. The minimum atomic E-state index is 0.289. The lowest BCUT2D eigenvalue weighted by molar-refractivity contribution is 0.283. The van der Waals surface area contributed by atoms with E-state index in [1.165, 1.54) is 11.3 Å². The van der Waals surface area contributed by atoms with Crippen molar-refractivity contribution in [2.75, 3.05) is 31.6 Å². The molecule has 0 atom stereocenters. The summed E-state index contributed by atoms with van der Waals surface area (Å²) < 4.78 is 0. The highest BCUT2D eigenvalue weighted by Gasteiger charge is 2.08. The van der Waals surface area contributed by atoms with E-state index in [9.17, 15) is 0 Å². The molecule has 3 nitrogen and oxygen atoms in total. The van der Waals surface area contributed by atoms with Crippen LogP contribution in [0.25, 0.3) is 0 Å². The summed E-state index contributed by atoms with van der Waals surface area (Å²) in [6, 6.07) is 6.09. The minimum Gasteiger partial charge on any atom is -0.396 e. The van der Waals surface area contributed by atoms with E-state index in [1.54, 1.807) is 0 Å². The zero-order valence-electron chi connectivity index (χ0n) is 12.7. The first-order valence-electron chi connectivity index (χ1n) is 7.50. The van der Waals surface area contributed by atoms with Crippen LogP contribution in [0.3, 0.4) is 0 Å². The summed E-state index contributed by atoms with van der Waals surface area (Å²) in [5, 5.41) is 13.0. The second-order valence-corrected chi connectivity index (χ2v) is 5.59. The van der Waals surface area contributed by atoms with Gasteiger partial charge in [0.05, 0.1) is 0 Å². The second-order valence-electron chi connectivity index (χ2n) is 5.16. The third-order valence-electron chi connectivity index (χ3n) is 3.35. The number of nitrogens with zero attached hydrogens (tertiary/aromatic N) is 1. The van der Waals surface area contributed by atoms with Crippen molar-refractivity contribution in [2.24, 2.45) is 0 Å². The largest absolute Gasteiger partial charge is 0.396 e. The third-order valence-corrected chi connectivity index (χ3v) is 3.58. The first-order chi connectivity index (χ1) is 9.69. The van der Waals surface area contributed by atoms with Gasteiger partial charge in [-0.3, -0.25) is 0 Å². The standard InChI is InChI=1S/C16H27ClN2O/c1-3-9-18-13-14-12-15(17)7-8-16(14)19(2)10-5-4-6-11-20/h7-8,12,18,20H,3-6,9-11,13H2,1-2H3. The topological polar surface area (TPSA) is 35.5 Å². The van der Waals surface area contributed by atoms with Crippen molar-refractivity contribution in [2.45, 2.75) is 39.2 Å². The van der Waals surface area contributed by atoms with Crippen LogP contribution in [-0.2, 0) is 6.54 Å². The van der Waals surface area contributed by atoms with Gasteiger partial charge in [-0.15, -0.1) is 0 Å². The number of anilines is 1. The van der Waals surface area contributed by atoms with Gasteiger partial charge in [0.2, 0.25) is 0 Å². The van der Waals surface area contributed by atoms with Gasteiger partial charge in [-0.05, 0) is 56.0 Å². The molecular formula is C16H27ClN2O. The average Bonchev–Trinajstić information content (AvgIpc) is 2.44. The van der Waals surface area contributed by atoms with Gasteiger partial charge in [-0.25, -0.2) is 0 Å². The third kappa shape index (κ3) is 6.12. The van der Waals surface area contributed by atoms with Gasteiger partial charge in [0.25, 0.3) is 0 Å². The van der Waals surface area contributed by atoms with Crippen molar-refractivity contribution in [1.29, 1.82) is 0 Å². The molecule has 4 heteroatoms. The molecule has 0 amide bonds. The molecule has 1 aromatic rings. The average molecular weight is 299 g/mol. The predicted octanol–water partition coefficient (Wildman–Crippen LogP) is 3.44. The zero-order chi connectivity index (χ0) is 14.8. The number of nitrogens with one attached hydrogen (secondary N) is 1. The lowest BCUT2D eigenvalue weighted by Gasteiger charge is -2.23. The monoisotopic (exact) mass is 298 g/mol. The van der Waals surface area contributed by atoms with Gasteiger partial charge < -0.3 is 15.3 Å². The quantitative estimate of drug-likeness (QED) is 0.650. The van der Waals surface area contributed by atoms with Crippen molar-refractivity contribution in [3.63, 3.8) is 0 Å². The van der Waals surface area contributed by atoms with E-state index in [1.807, 2.05) is 12.1 Å². The van der Waals surface area contributed by atoms with Crippen LogP contribution >= 0.6 is 11.6 Å². The van der Waals surface area contributed by atoms with E-state index in [0.717, 1.165) is 50.3 Å². The van der Waals surface area contributed by atoms with Crippen LogP contribution in [0.4, 0.5) is 5.69 Å². The highest BCUT2D eigenvalue weighted by Crippen LogP contribution is 2.24. The Labute approximate surface area is 127 Å². The first kappa shape index (κ1) is 17.3. The molecule has 0 fully saturated rings. The van der Waals surface area contributed by atoms with Gasteiger partial charge in [-0.1, -0.05) is 18.5 Å². The van der Waals surface area contributed by atoms with E-state index in [0.29, 0.717) is 0 Å². The molecule has 1 rings (SSSR count). The predicted molar refractivity (Wildman–Crippen MR) is 87.7 cm³/mol. The van der Waals surface area contributed by atoms with Crippen molar-refractivity contribution in [3.8, 4) is 0 Å². The van der Waals surface area contributed by atoms with Gasteiger partial charge in [0.1, 0.15) is 0 Å². The fourth-order valence-electron chi connectivity index (χ4n) is 2.23. The van der Waals surface area contributed by atoms with Gasteiger partial charge >= 0.3 is 0 Å². The molecule has 0 heterocycles.